The topological polar surface area (TPSA) is 76.3 Å². The van der Waals surface area contributed by atoms with E-state index in [1.807, 2.05) is 67.6 Å². The Balaban J connectivity index is 1.57. The lowest BCUT2D eigenvalue weighted by molar-refractivity contribution is -0.118. The van der Waals surface area contributed by atoms with Gasteiger partial charge in [0.2, 0.25) is 0 Å². The summed E-state index contributed by atoms with van der Waals surface area (Å²) >= 11 is 4.63. The summed E-state index contributed by atoms with van der Waals surface area (Å²) in [4.78, 5) is 30.2. The number of rotatable bonds is 6. The van der Waals surface area contributed by atoms with Gasteiger partial charge in [-0.05, 0) is 37.3 Å². The van der Waals surface area contributed by atoms with Crippen LogP contribution in [0, 0.1) is 6.92 Å². The summed E-state index contributed by atoms with van der Waals surface area (Å²) in [5, 5.41) is 4.99. The molecule has 0 spiro atoms. The molecule has 0 aliphatic rings. The first-order chi connectivity index (χ1) is 15.5. The fraction of sp³-hybridized carbons (Fsp3) is 0.0833. The van der Waals surface area contributed by atoms with Crippen LogP contribution in [0.3, 0.4) is 0 Å². The Kier molecular flexibility index (Phi) is 6.82. The molecule has 1 N–H and O–H groups in total. The number of fused-ring (bicyclic) bond motifs is 1. The summed E-state index contributed by atoms with van der Waals surface area (Å²) in [6.45, 7) is 1.99. The molecule has 8 heteroatoms. The third-order valence-electron chi connectivity index (χ3n) is 4.67. The number of amides is 1. The molecule has 6 nitrogen and oxygen atoms in total. The van der Waals surface area contributed by atoms with E-state index in [1.54, 1.807) is 22.9 Å². The molecule has 32 heavy (non-hydrogen) atoms. The maximum absolute atomic E-state index is 13.2. The van der Waals surface area contributed by atoms with Gasteiger partial charge in [-0.3, -0.25) is 14.2 Å². The number of nitrogens with zero attached hydrogens (tertiary/aromatic N) is 3. The fourth-order valence-electron chi connectivity index (χ4n) is 3.05. The van der Waals surface area contributed by atoms with Crippen molar-refractivity contribution in [3.8, 4) is 5.69 Å². The lowest BCUT2D eigenvalue weighted by Gasteiger charge is -2.13. The molecule has 0 atom stereocenters. The number of carbonyl (C=O) groups is 1. The van der Waals surface area contributed by atoms with Crippen LogP contribution in [0.5, 0.6) is 0 Å². The van der Waals surface area contributed by atoms with E-state index < -0.39 is 0 Å². The zero-order valence-electron chi connectivity index (χ0n) is 17.2. The van der Waals surface area contributed by atoms with Crippen molar-refractivity contribution in [2.45, 2.75) is 12.1 Å². The van der Waals surface area contributed by atoms with Crippen molar-refractivity contribution < 1.29 is 4.79 Å². The average Bonchev–Trinajstić information content (AvgIpc) is 2.80. The molecule has 0 saturated heterocycles. The molecule has 1 amide bonds. The first-order valence-corrected chi connectivity index (χ1v) is 11.6. The van der Waals surface area contributed by atoms with Gasteiger partial charge >= 0.3 is 0 Å². The second-order valence-electron chi connectivity index (χ2n) is 6.99. The number of hydrogen-bond acceptors (Lipinski definition) is 5. The molecular formula is C24H19BrN4O2S. The van der Waals surface area contributed by atoms with Crippen LogP contribution in [0.2, 0.25) is 0 Å². The van der Waals surface area contributed by atoms with Gasteiger partial charge in [0.25, 0.3) is 11.5 Å². The predicted octanol–water partition coefficient (Wildman–Crippen LogP) is 4.70. The monoisotopic (exact) mass is 506 g/mol. The van der Waals surface area contributed by atoms with Crippen molar-refractivity contribution in [2.75, 3.05) is 5.75 Å². The Morgan fingerprint density at radius 1 is 1.09 bits per heavy atom. The van der Waals surface area contributed by atoms with E-state index in [-0.39, 0.29) is 17.2 Å². The molecule has 0 fully saturated rings. The van der Waals surface area contributed by atoms with Crippen LogP contribution in [-0.4, -0.2) is 27.4 Å². The molecule has 0 bridgehead atoms. The Hall–Kier alpha value is -3.23. The lowest BCUT2D eigenvalue weighted by Crippen LogP contribution is -2.24. The van der Waals surface area contributed by atoms with E-state index in [0.29, 0.717) is 21.7 Å². The van der Waals surface area contributed by atoms with Gasteiger partial charge in [-0.2, -0.15) is 5.10 Å². The van der Waals surface area contributed by atoms with Crippen molar-refractivity contribution in [1.82, 2.24) is 15.0 Å². The van der Waals surface area contributed by atoms with Gasteiger partial charge in [0.1, 0.15) is 0 Å². The van der Waals surface area contributed by atoms with Crippen molar-refractivity contribution in [1.29, 1.82) is 0 Å². The number of thioether (sulfide) groups is 1. The van der Waals surface area contributed by atoms with E-state index in [9.17, 15) is 9.59 Å². The SMILES string of the molecule is Cc1ccc(-n2c(SCC(=O)NN=Cc3ccccc3Br)nc3ccccc3c2=O)cc1. The molecule has 0 saturated carbocycles. The number of halogens is 1. The van der Waals surface area contributed by atoms with Crippen LogP contribution in [0.1, 0.15) is 11.1 Å². The lowest BCUT2D eigenvalue weighted by atomic mass is 10.2. The second-order valence-corrected chi connectivity index (χ2v) is 8.79. The molecule has 0 aliphatic heterocycles. The van der Waals surface area contributed by atoms with Crippen LogP contribution in [0.25, 0.3) is 16.6 Å². The minimum atomic E-state index is -0.295. The van der Waals surface area contributed by atoms with Gasteiger partial charge in [-0.1, -0.05) is 75.7 Å². The Morgan fingerprint density at radius 2 is 1.81 bits per heavy atom. The van der Waals surface area contributed by atoms with Crippen LogP contribution < -0.4 is 11.0 Å². The van der Waals surface area contributed by atoms with E-state index in [1.165, 1.54) is 11.8 Å². The average molecular weight is 507 g/mol. The zero-order chi connectivity index (χ0) is 22.5. The van der Waals surface area contributed by atoms with Crippen molar-refractivity contribution in [3.05, 3.63) is 98.7 Å². The van der Waals surface area contributed by atoms with Crippen LogP contribution >= 0.6 is 27.7 Å². The maximum Gasteiger partial charge on any atom is 0.266 e. The number of aromatic nitrogens is 2. The Morgan fingerprint density at radius 3 is 2.59 bits per heavy atom. The molecule has 0 aliphatic carbocycles. The summed E-state index contributed by atoms with van der Waals surface area (Å²) in [6, 6.07) is 22.4. The largest absolute Gasteiger partial charge is 0.272 e. The summed E-state index contributed by atoms with van der Waals surface area (Å²) < 4.78 is 2.43. The van der Waals surface area contributed by atoms with Crippen LogP contribution in [-0.2, 0) is 4.79 Å². The van der Waals surface area contributed by atoms with Crippen molar-refractivity contribution >= 4 is 50.7 Å². The van der Waals surface area contributed by atoms with E-state index in [0.717, 1.165) is 15.6 Å². The molecular weight excluding hydrogens is 488 g/mol. The van der Waals surface area contributed by atoms with E-state index in [4.69, 9.17) is 0 Å². The van der Waals surface area contributed by atoms with E-state index in [2.05, 4.69) is 31.4 Å². The van der Waals surface area contributed by atoms with Crippen LogP contribution in [0.15, 0.2) is 92.3 Å². The molecule has 1 heterocycles. The summed E-state index contributed by atoms with van der Waals surface area (Å²) in [5.41, 5.74) is 5.59. The Bertz CT molecular complexity index is 1370. The van der Waals surface area contributed by atoms with Gasteiger partial charge in [0.05, 0.1) is 28.6 Å². The van der Waals surface area contributed by atoms with Crippen molar-refractivity contribution in [3.63, 3.8) is 0 Å². The molecule has 0 unspecified atom stereocenters. The second kappa shape index (κ2) is 9.93. The summed E-state index contributed by atoms with van der Waals surface area (Å²) in [7, 11) is 0. The summed E-state index contributed by atoms with van der Waals surface area (Å²) in [5.74, 6) is -0.236. The molecule has 4 aromatic rings. The minimum Gasteiger partial charge on any atom is -0.272 e. The van der Waals surface area contributed by atoms with Gasteiger partial charge in [-0.15, -0.1) is 0 Å². The van der Waals surface area contributed by atoms with Gasteiger partial charge in [-0.25, -0.2) is 10.4 Å². The van der Waals surface area contributed by atoms with Gasteiger partial charge < -0.3 is 0 Å². The molecule has 4 rings (SSSR count). The first kappa shape index (κ1) is 22.0. The number of para-hydroxylation sites is 1. The standard InChI is InChI=1S/C24H19BrN4O2S/c1-16-10-12-18(13-11-16)29-23(31)19-7-3-5-9-21(19)27-24(29)32-15-22(30)28-26-14-17-6-2-4-8-20(17)25/h2-14H,15H2,1H3,(H,28,30). The quantitative estimate of drug-likeness (QED) is 0.178. The normalized spacial score (nSPS) is 11.2. The molecule has 3 aromatic carbocycles. The number of aryl methyl sites for hydroxylation is 1. The fourth-order valence-corrected chi connectivity index (χ4v) is 4.24. The first-order valence-electron chi connectivity index (χ1n) is 9.81. The highest BCUT2D eigenvalue weighted by Gasteiger charge is 2.14. The molecule has 160 valence electrons. The highest BCUT2D eigenvalue weighted by molar-refractivity contribution is 9.10. The van der Waals surface area contributed by atoms with Gasteiger partial charge in [0.15, 0.2) is 5.16 Å². The van der Waals surface area contributed by atoms with Crippen LogP contribution in [0.4, 0.5) is 0 Å². The zero-order valence-corrected chi connectivity index (χ0v) is 19.6. The number of nitrogens with one attached hydrogen (secondary N) is 1. The molecule has 1 aromatic heterocycles. The number of benzene rings is 3. The maximum atomic E-state index is 13.2. The third kappa shape index (κ3) is 4.98. The number of carbonyl (C=O) groups excluding carboxylic acids is 1. The Labute approximate surface area is 197 Å². The predicted molar refractivity (Wildman–Crippen MR) is 133 cm³/mol. The number of hydrazone groups is 1. The van der Waals surface area contributed by atoms with Gasteiger partial charge in [0, 0.05) is 10.0 Å². The minimum absolute atomic E-state index is 0.0595. The summed E-state index contributed by atoms with van der Waals surface area (Å²) in [6.07, 6.45) is 1.57. The van der Waals surface area contributed by atoms with E-state index >= 15 is 0 Å². The van der Waals surface area contributed by atoms with Crippen molar-refractivity contribution in [2.24, 2.45) is 5.10 Å². The third-order valence-corrected chi connectivity index (χ3v) is 6.33. The molecule has 0 radical (unpaired) electrons. The number of hydrogen-bond donors (Lipinski definition) is 1. The smallest absolute Gasteiger partial charge is 0.266 e. The highest BCUT2D eigenvalue weighted by Crippen LogP contribution is 2.21. The highest BCUT2D eigenvalue weighted by atomic mass is 79.9.